The largest absolute Gasteiger partial charge is 0.383 e. The van der Waals surface area contributed by atoms with Gasteiger partial charge in [0.05, 0.1) is 13.2 Å². The van der Waals surface area contributed by atoms with Crippen LogP contribution in [0.25, 0.3) is 0 Å². The van der Waals surface area contributed by atoms with Crippen LogP contribution in [0, 0.1) is 0 Å². The van der Waals surface area contributed by atoms with Crippen molar-refractivity contribution < 1.29 is 9.53 Å². The van der Waals surface area contributed by atoms with Gasteiger partial charge in [0.1, 0.15) is 0 Å². The van der Waals surface area contributed by atoms with Gasteiger partial charge in [0.25, 0.3) is 0 Å². The Labute approximate surface area is 129 Å². The molecule has 0 aliphatic rings. The lowest BCUT2D eigenvalue weighted by Gasteiger charge is -2.18. The first-order chi connectivity index (χ1) is 10.1. The first-order valence-corrected chi connectivity index (χ1v) is 7.14. The summed E-state index contributed by atoms with van der Waals surface area (Å²) in [6, 6.07) is 0. The summed E-state index contributed by atoms with van der Waals surface area (Å²) in [6.45, 7) is 6.49. The van der Waals surface area contributed by atoms with E-state index in [1.165, 1.54) is 0 Å². The first-order valence-electron chi connectivity index (χ1n) is 6.76. The zero-order valence-corrected chi connectivity index (χ0v) is 13.3. The van der Waals surface area contributed by atoms with Crippen molar-refractivity contribution in [1.82, 2.24) is 20.3 Å². The van der Waals surface area contributed by atoms with Crippen LogP contribution in [-0.2, 0) is 9.53 Å². The first kappa shape index (κ1) is 17.4. The van der Waals surface area contributed by atoms with E-state index in [1.54, 1.807) is 7.11 Å². The predicted molar refractivity (Wildman–Crippen MR) is 81.8 cm³/mol. The Kier molecular flexibility index (Phi) is 7.70. The Bertz CT molecular complexity index is 455. The normalized spacial score (nSPS) is 10.3. The summed E-state index contributed by atoms with van der Waals surface area (Å²) >= 11 is 5.88. The van der Waals surface area contributed by atoms with E-state index in [0.29, 0.717) is 19.1 Å². The third-order valence-corrected chi connectivity index (χ3v) is 2.85. The molecule has 0 aromatic carbocycles. The molecule has 118 valence electrons. The molecule has 21 heavy (non-hydrogen) atoms. The highest BCUT2D eigenvalue weighted by Crippen LogP contribution is 2.13. The Morgan fingerprint density at radius 3 is 2.62 bits per heavy atom. The number of rotatable bonds is 9. The average molecular weight is 317 g/mol. The van der Waals surface area contributed by atoms with Crippen LogP contribution in [0.15, 0.2) is 0 Å². The number of ether oxygens (including phenoxy) is 1. The zero-order valence-electron chi connectivity index (χ0n) is 12.5. The summed E-state index contributed by atoms with van der Waals surface area (Å²) in [7, 11) is 1.58. The summed E-state index contributed by atoms with van der Waals surface area (Å²) in [4.78, 5) is 25.8. The number of hydrogen-bond donors (Lipinski definition) is 2. The van der Waals surface area contributed by atoms with Gasteiger partial charge in [-0.25, -0.2) is 0 Å². The number of hydrogen-bond acceptors (Lipinski definition) is 7. The number of halogens is 1. The summed E-state index contributed by atoms with van der Waals surface area (Å²) in [6.07, 6.45) is 0. The minimum Gasteiger partial charge on any atom is -0.383 e. The molecular weight excluding hydrogens is 296 g/mol. The lowest BCUT2D eigenvalue weighted by atomic mass is 10.5. The standard InChI is InChI=1S/C12H21ClN6O2/c1-4-19(5-2)12-17-10(13)16-11(18-12)15-8-9(20)14-6-7-21-3/h4-8H2,1-3H3,(H,14,20)(H,15,16,17,18). The van der Waals surface area contributed by atoms with Crippen molar-refractivity contribution in [2.45, 2.75) is 13.8 Å². The number of nitrogens with one attached hydrogen (secondary N) is 2. The van der Waals surface area contributed by atoms with Gasteiger partial charge in [-0.3, -0.25) is 4.79 Å². The van der Waals surface area contributed by atoms with E-state index in [4.69, 9.17) is 16.3 Å². The van der Waals surface area contributed by atoms with Gasteiger partial charge in [0.2, 0.25) is 23.1 Å². The van der Waals surface area contributed by atoms with Gasteiger partial charge < -0.3 is 20.3 Å². The van der Waals surface area contributed by atoms with Crippen molar-refractivity contribution in [2.75, 3.05) is 50.1 Å². The fraction of sp³-hybridized carbons (Fsp3) is 0.667. The van der Waals surface area contributed by atoms with Gasteiger partial charge in [-0.1, -0.05) is 0 Å². The quantitative estimate of drug-likeness (QED) is 0.642. The minimum absolute atomic E-state index is 0.0573. The van der Waals surface area contributed by atoms with Crippen LogP contribution in [0.4, 0.5) is 11.9 Å². The van der Waals surface area contributed by atoms with E-state index in [-0.39, 0.29) is 23.7 Å². The molecule has 0 unspecified atom stereocenters. The average Bonchev–Trinajstić information content (AvgIpc) is 2.46. The monoisotopic (exact) mass is 316 g/mol. The maximum absolute atomic E-state index is 11.6. The van der Waals surface area contributed by atoms with Crippen molar-refractivity contribution in [3.8, 4) is 0 Å². The van der Waals surface area contributed by atoms with Crippen LogP contribution < -0.4 is 15.5 Å². The van der Waals surface area contributed by atoms with Crippen LogP contribution in [0.2, 0.25) is 5.28 Å². The van der Waals surface area contributed by atoms with Gasteiger partial charge in [-0.05, 0) is 25.4 Å². The second-order valence-corrected chi connectivity index (χ2v) is 4.43. The van der Waals surface area contributed by atoms with E-state index in [9.17, 15) is 4.79 Å². The third-order valence-electron chi connectivity index (χ3n) is 2.68. The third kappa shape index (κ3) is 6.09. The van der Waals surface area contributed by atoms with Crippen molar-refractivity contribution in [3.05, 3.63) is 5.28 Å². The maximum Gasteiger partial charge on any atom is 0.239 e. The minimum atomic E-state index is -0.173. The SMILES string of the molecule is CCN(CC)c1nc(Cl)nc(NCC(=O)NCCOC)n1. The number of methoxy groups -OCH3 is 1. The van der Waals surface area contributed by atoms with E-state index in [2.05, 4.69) is 25.6 Å². The van der Waals surface area contributed by atoms with E-state index >= 15 is 0 Å². The fourth-order valence-electron chi connectivity index (χ4n) is 1.58. The molecule has 0 saturated carbocycles. The number of carbonyl (C=O) groups excluding carboxylic acids is 1. The highest BCUT2D eigenvalue weighted by molar-refractivity contribution is 6.28. The topological polar surface area (TPSA) is 92.3 Å². The fourth-order valence-corrected chi connectivity index (χ4v) is 1.74. The van der Waals surface area contributed by atoms with Crippen LogP contribution in [0.1, 0.15) is 13.8 Å². The molecule has 9 heteroatoms. The van der Waals surface area contributed by atoms with E-state index in [1.807, 2.05) is 18.7 Å². The van der Waals surface area contributed by atoms with Gasteiger partial charge in [-0.15, -0.1) is 0 Å². The van der Waals surface area contributed by atoms with Crippen molar-refractivity contribution in [3.63, 3.8) is 0 Å². The van der Waals surface area contributed by atoms with E-state index < -0.39 is 0 Å². The molecule has 0 atom stereocenters. The molecule has 0 fully saturated rings. The molecule has 1 aromatic heterocycles. The van der Waals surface area contributed by atoms with Crippen LogP contribution in [-0.4, -0.2) is 60.8 Å². The molecule has 1 rings (SSSR count). The summed E-state index contributed by atoms with van der Waals surface area (Å²) < 4.78 is 4.85. The number of anilines is 2. The molecule has 1 aromatic rings. The Hall–Kier alpha value is -1.67. The molecule has 0 bridgehead atoms. The van der Waals surface area contributed by atoms with Crippen LogP contribution in [0.3, 0.4) is 0 Å². The number of amides is 1. The van der Waals surface area contributed by atoms with Gasteiger partial charge in [0.15, 0.2) is 0 Å². The summed E-state index contributed by atoms with van der Waals surface area (Å²) in [5, 5.41) is 5.61. The molecule has 0 aliphatic carbocycles. The Morgan fingerprint density at radius 1 is 1.29 bits per heavy atom. The lowest BCUT2D eigenvalue weighted by Crippen LogP contribution is -2.32. The highest BCUT2D eigenvalue weighted by Gasteiger charge is 2.10. The second kappa shape index (κ2) is 9.30. The highest BCUT2D eigenvalue weighted by atomic mass is 35.5. The van der Waals surface area contributed by atoms with Gasteiger partial charge in [0, 0.05) is 26.7 Å². The maximum atomic E-state index is 11.6. The van der Waals surface area contributed by atoms with Crippen molar-refractivity contribution >= 4 is 29.4 Å². The number of carbonyl (C=O) groups is 1. The molecule has 8 nitrogen and oxygen atoms in total. The Morgan fingerprint density at radius 2 is 2.00 bits per heavy atom. The summed E-state index contributed by atoms with van der Waals surface area (Å²) in [5.74, 6) is 0.592. The van der Waals surface area contributed by atoms with E-state index in [0.717, 1.165) is 13.1 Å². The molecular formula is C12H21ClN6O2. The number of aromatic nitrogens is 3. The lowest BCUT2D eigenvalue weighted by molar-refractivity contribution is -0.119. The van der Waals surface area contributed by atoms with Gasteiger partial charge >= 0.3 is 0 Å². The molecule has 0 spiro atoms. The molecule has 2 N–H and O–H groups in total. The Balaban J connectivity index is 2.60. The molecule has 1 amide bonds. The number of nitrogens with zero attached hydrogens (tertiary/aromatic N) is 4. The molecule has 0 radical (unpaired) electrons. The smallest absolute Gasteiger partial charge is 0.239 e. The second-order valence-electron chi connectivity index (χ2n) is 4.10. The van der Waals surface area contributed by atoms with Crippen molar-refractivity contribution in [2.24, 2.45) is 0 Å². The molecule has 1 heterocycles. The van der Waals surface area contributed by atoms with Crippen molar-refractivity contribution in [1.29, 1.82) is 0 Å². The predicted octanol–water partition coefficient (Wildman–Crippen LogP) is 0.546. The van der Waals surface area contributed by atoms with Crippen LogP contribution in [0.5, 0.6) is 0 Å². The zero-order chi connectivity index (χ0) is 15.7. The van der Waals surface area contributed by atoms with Gasteiger partial charge in [-0.2, -0.15) is 15.0 Å². The molecule has 0 saturated heterocycles. The van der Waals surface area contributed by atoms with Crippen LogP contribution >= 0.6 is 11.6 Å². The summed E-state index contributed by atoms with van der Waals surface area (Å²) in [5.41, 5.74) is 0. The molecule has 0 aliphatic heterocycles.